The highest BCUT2D eigenvalue weighted by molar-refractivity contribution is 5.30. The van der Waals surface area contributed by atoms with Gasteiger partial charge in [0.15, 0.2) is 6.29 Å². The van der Waals surface area contributed by atoms with E-state index >= 15 is 0 Å². The lowest BCUT2D eigenvalue weighted by atomic mass is 10.1. The zero-order chi connectivity index (χ0) is 15.7. The Hall–Kier alpha value is -1.24. The van der Waals surface area contributed by atoms with E-state index in [-0.39, 0.29) is 18.1 Å². The second-order valence-corrected chi connectivity index (χ2v) is 4.42. The minimum atomic E-state index is -2.82. The summed E-state index contributed by atoms with van der Waals surface area (Å²) in [6, 6.07) is 6.61. The lowest BCUT2D eigenvalue weighted by Crippen LogP contribution is -2.33. The van der Waals surface area contributed by atoms with E-state index in [4.69, 9.17) is 9.47 Å². The van der Waals surface area contributed by atoms with Gasteiger partial charge in [-0.25, -0.2) is 0 Å². The molecule has 1 rings (SSSR count). The Labute approximate surface area is 124 Å². The van der Waals surface area contributed by atoms with Crippen LogP contribution < -0.4 is 10.1 Å². The van der Waals surface area contributed by atoms with Crippen LogP contribution in [0.1, 0.15) is 32.4 Å². The maximum atomic E-state index is 12.2. The number of benzene rings is 1. The number of nitrogens with one attached hydrogen (secondary N) is 1. The Bertz CT molecular complexity index is 398. The molecular weight excluding hydrogens is 280 g/mol. The van der Waals surface area contributed by atoms with Gasteiger partial charge in [0.05, 0.1) is 0 Å². The van der Waals surface area contributed by atoms with Crippen molar-refractivity contribution in [3.63, 3.8) is 0 Å². The summed E-state index contributed by atoms with van der Waals surface area (Å²) in [6.45, 7) is 4.58. The summed E-state index contributed by atoms with van der Waals surface area (Å²) in [6.07, 6.45) is -0.317. The van der Waals surface area contributed by atoms with Crippen LogP contribution in [0, 0.1) is 0 Å². The van der Waals surface area contributed by atoms with Crippen molar-refractivity contribution in [2.45, 2.75) is 39.7 Å². The number of halogens is 2. The monoisotopic (exact) mass is 303 g/mol. The highest BCUT2D eigenvalue weighted by atomic mass is 19.3. The van der Waals surface area contributed by atoms with E-state index in [2.05, 4.69) is 10.1 Å². The molecule has 0 bridgehead atoms. The third-order valence-corrected chi connectivity index (χ3v) is 2.88. The lowest BCUT2D eigenvalue weighted by molar-refractivity contribution is -0.133. The molecule has 4 nitrogen and oxygen atoms in total. The minimum absolute atomic E-state index is 0.0327. The molecule has 0 fully saturated rings. The second kappa shape index (κ2) is 9.65. The average Bonchev–Trinajstić information content (AvgIpc) is 2.44. The summed E-state index contributed by atoms with van der Waals surface area (Å²) in [7, 11) is 0. The first kappa shape index (κ1) is 17.8. The molecule has 0 aliphatic carbocycles. The molecule has 21 heavy (non-hydrogen) atoms. The van der Waals surface area contributed by atoms with Gasteiger partial charge in [0.1, 0.15) is 5.75 Å². The van der Waals surface area contributed by atoms with Crippen molar-refractivity contribution in [2.24, 2.45) is 0 Å². The van der Waals surface area contributed by atoms with Gasteiger partial charge in [0.2, 0.25) is 0 Å². The van der Waals surface area contributed by atoms with Crippen LogP contribution >= 0.6 is 0 Å². The molecule has 0 spiro atoms. The number of hydrogen-bond acceptors (Lipinski definition) is 4. The first-order valence-corrected chi connectivity index (χ1v) is 7.08. The molecule has 1 aromatic carbocycles. The van der Waals surface area contributed by atoms with Gasteiger partial charge in [-0.05, 0) is 38.5 Å². The molecule has 1 N–H and O–H groups in total. The van der Waals surface area contributed by atoms with Gasteiger partial charge in [-0.2, -0.15) is 8.78 Å². The van der Waals surface area contributed by atoms with Crippen LogP contribution in [0.5, 0.6) is 5.75 Å². The molecule has 0 saturated heterocycles. The van der Waals surface area contributed by atoms with Crippen LogP contribution in [0.3, 0.4) is 0 Å². The molecule has 0 aliphatic heterocycles. The Kier molecular flexibility index (Phi) is 8.19. The zero-order valence-electron chi connectivity index (χ0n) is 12.6. The van der Waals surface area contributed by atoms with Gasteiger partial charge < -0.3 is 19.5 Å². The van der Waals surface area contributed by atoms with Crippen LogP contribution in [0.15, 0.2) is 24.3 Å². The lowest BCUT2D eigenvalue weighted by Gasteiger charge is -2.21. The minimum Gasteiger partial charge on any atom is -0.435 e. The standard InChI is InChI=1S/C15H23F2NO3/c1-4-19-14(20-5-2)10-18-11(3)12-7-6-8-13(9-12)21-15(16)17/h6-9,11,14-15,18H,4-5,10H2,1-3H3. The summed E-state index contributed by atoms with van der Waals surface area (Å²) < 4.78 is 39.7. The molecule has 0 aliphatic rings. The molecule has 120 valence electrons. The van der Waals surface area contributed by atoms with Crippen molar-refractivity contribution in [3.8, 4) is 5.75 Å². The predicted octanol–water partition coefficient (Wildman–Crippen LogP) is 3.34. The van der Waals surface area contributed by atoms with E-state index in [9.17, 15) is 8.78 Å². The van der Waals surface area contributed by atoms with E-state index in [0.29, 0.717) is 19.8 Å². The van der Waals surface area contributed by atoms with Crippen molar-refractivity contribution in [1.29, 1.82) is 0 Å². The van der Waals surface area contributed by atoms with Crippen LogP contribution in [0.4, 0.5) is 8.78 Å². The molecule has 1 unspecified atom stereocenters. The summed E-state index contributed by atoms with van der Waals surface area (Å²) >= 11 is 0. The summed E-state index contributed by atoms with van der Waals surface area (Å²) in [5.74, 6) is 0.155. The van der Waals surface area contributed by atoms with Crippen LogP contribution in [-0.2, 0) is 9.47 Å². The molecule has 0 radical (unpaired) electrons. The Morgan fingerprint density at radius 3 is 2.38 bits per heavy atom. The molecule has 1 atom stereocenters. The van der Waals surface area contributed by atoms with Crippen molar-refractivity contribution < 1.29 is 23.0 Å². The van der Waals surface area contributed by atoms with Crippen molar-refractivity contribution >= 4 is 0 Å². The van der Waals surface area contributed by atoms with Crippen LogP contribution in [-0.4, -0.2) is 32.7 Å². The Morgan fingerprint density at radius 2 is 1.81 bits per heavy atom. The predicted molar refractivity (Wildman–Crippen MR) is 76.5 cm³/mol. The highest BCUT2D eigenvalue weighted by Gasteiger charge is 2.12. The smallest absolute Gasteiger partial charge is 0.387 e. The topological polar surface area (TPSA) is 39.7 Å². The van der Waals surface area contributed by atoms with Crippen molar-refractivity contribution in [3.05, 3.63) is 29.8 Å². The third-order valence-electron chi connectivity index (χ3n) is 2.88. The SMILES string of the molecule is CCOC(CNC(C)c1cccc(OC(F)F)c1)OCC. The fourth-order valence-electron chi connectivity index (χ4n) is 1.89. The fraction of sp³-hybridized carbons (Fsp3) is 0.600. The largest absolute Gasteiger partial charge is 0.435 e. The van der Waals surface area contributed by atoms with E-state index in [1.165, 1.54) is 6.07 Å². The zero-order valence-corrected chi connectivity index (χ0v) is 12.6. The number of rotatable bonds is 10. The molecule has 6 heteroatoms. The summed E-state index contributed by atoms with van der Waals surface area (Å²) in [5.41, 5.74) is 0.861. The van der Waals surface area contributed by atoms with Gasteiger partial charge in [-0.3, -0.25) is 0 Å². The first-order valence-electron chi connectivity index (χ1n) is 7.08. The van der Waals surface area contributed by atoms with E-state index < -0.39 is 6.61 Å². The quantitative estimate of drug-likeness (QED) is 0.673. The maximum Gasteiger partial charge on any atom is 0.387 e. The van der Waals surface area contributed by atoms with Gasteiger partial charge in [0.25, 0.3) is 0 Å². The average molecular weight is 303 g/mol. The highest BCUT2D eigenvalue weighted by Crippen LogP contribution is 2.20. The van der Waals surface area contributed by atoms with E-state index in [1.54, 1.807) is 12.1 Å². The molecule has 0 aromatic heterocycles. The normalized spacial score (nSPS) is 12.9. The maximum absolute atomic E-state index is 12.2. The Balaban J connectivity index is 2.55. The van der Waals surface area contributed by atoms with Crippen LogP contribution in [0.25, 0.3) is 0 Å². The van der Waals surface area contributed by atoms with E-state index in [0.717, 1.165) is 5.56 Å². The van der Waals surface area contributed by atoms with Crippen molar-refractivity contribution in [2.75, 3.05) is 19.8 Å². The molecular formula is C15H23F2NO3. The van der Waals surface area contributed by atoms with Gasteiger partial charge >= 0.3 is 6.61 Å². The van der Waals surface area contributed by atoms with Gasteiger partial charge in [0, 0.05) is 25.8 Å². The number of alkyl halides is 2. The first-order chi connectivity index (χ1) is 10.1. The van der Waals surface area contributed by atoms with Gasteiger partial charge in [-0.15, -0.1) is 0 Å². The molecule has 0 saturated carbocycles. The van der Waals surface area contributed by atoms with Crippen LogP contribution in [0.2, 0.25) is 0 Å². The van der Waals surface area contributed by atoms with Crippen molar-refractivity contribution in [1.82, 2.24) is 5.32 Å². The number of hydrogen-bond donors (Lipinski definition) is 1. The number of ether oxygens (including phenoxy) is 3. The molecule has 1 aromatic rings. The molecule has 0 heterocycles. The molecule has 0 amide bonds. The fourth-order valence-corrected chi connectivity index (χ4v) is 1.89. The van der Waals surface area contributed by atoms with Gasteiger partial charge in [-0.1, -0.05) is 12.1 Å². The van der Waals surface area contributed by atoms with E-state index in [1.807, 2.05) is 26.8 Å². The second-order valence-electron chi connectivity index (χ2n) is 4.42. The summed E-state index contributed by atoms with van der Waals surface area (Å²) in [5, 5.41) is 3.26. The summed E-state index contributed by atoms with van der Waals surface area (Å²) in [4.78, 5) is 0. The Morgan fingerprint density at radius 1 is 1.14 bits per heavy atom. The third kappa shape index (κ3) is 6.84.